The van der Waals surface area contributed by atoms with Crippen LogP contribution in [0.1, 0.15) is 18.4 Å². The van der Waals surface area contributed by atoms with E-state index in [9.17, 15) is 4.79 Å². The number of piperidine rings is 1. The van der Waals surface area contributed by atoms with Gasteiger partial charge in [-0.15, -0.1) is 0 Å². The van der Waals surface area contributed by atoms with Gasteiger partial charge in [0.05, 0.1) is 26.9 Å². The molecule has 0 aliphatic carbocycles. The Morgan fingerprint density at radius 2 is 1.81 bits per heavy atom. The Bertz CT molecular complexity index is 1200. The van der Waals surface area contributed by atoms with Gasteiger partial charge in [0.2, 0.25) is 5.95 Å². The SMILES string of the molecule is COC(=O)CNC1CCN(c2nc(N3CCOCC3)c3ncnc(N(C)Cc4ccccc4)c3n2)CC1. The van der Waals surface area contributed by atoms with Gasteiger partial charge in [0, 0.05) is 45.8 Å². The molecule has 37 heavy (non-hydrogen) atoms. The van der Waals surface area contributed by atoms with Crippen LogP contribution in [0.3, 0.4) is 0 Å². The predicted molar refractivity (Wildman–Crippen MR) is 142 cm³/mol. The second-order valence-corrected chi connectivity index (χ2v) is 9.40. The van der Waals surface area contributed by atoms with Crippen molar-refractivity contribution >= 4 is 34.6 Å². The fourth-order valence-corrected chi connectivity index (χ4v) is 4.84. The minimum atomic E-state index is -0.248. The van der Waals surface area contributed by atoms with E-state index in [-0.39, 0.29) is 18.6 Å². The van der Waals surface area contributed by atoms with Crippen LogP contribution >= 0.6 is 0 Å². The molecular weight excluding hydrogens is 472 g/mol. The van der Waals surface area contributed by atoms with Crippen molar-refractivity contribution in [2.24, 2.45) is 0 Å². The minimum Gasteiger partial charge on any atom is -0.468 e. The summed E-state index contributed by atoms with van der Waals surface area (Å²) in [4.78, 5) is 37.4. The molecule has 1 aromatic carbocycles. The fourth-order valence-electron chi connectivity index (χ4n) is 4.84. The lowest BCUT2D eigenvalue weighted by Gasteiger charge is -2.34. The van der Waals surface area contributed by atoms with Crippen LogP contribution in [0, 0.1) is 0 Å². The van der Waals surface area contributed by atoms with Gasteiger partial charge < -0.3 is 29.5 Å². The number of hydrogen-bond donors (Lipinski definition) is 1. The number of nitrogens with one attached hydrogen (secondary N) is 1. The highest BCUT2D eigenvalue weighted by Crippen LogP contribution is 2.31. The van der Waals surface area contributed by atoms with Gasteiger partial charge in [-0.25, -0.2) is 15.0 Å². The summed E-state index contributed by atoms with van der Waals surface area (Å²) >= 11 is 0. The smallest absolute Gasteiger partial charge is 0.319 e. The standard InChI is InChI=1S/C26H34N8O3/c1-32(17-19-6-4-3-5-7-19)24-23-22(28-18-29-24)25(33-12-14-37-15-13-33)31-26(30-23)34-10-8-20(9-11-34)27-16-21(35)36-2/h3-7,18,20,27H,8-17H2,1-2H3. The van der Waals surface area contributed by atoms with E-state index in [4.69, 9.17) is 19.4 Å². The maximum absolute atomic E-state index is 11.5. The number of carbonyl (C=O) groups excluding carboxylic acids is 1. The zero-order chi connectivity index (χ0) is 25.6. The number of anilines is 3. The van der Waals surface area contributed by atoms with Crippen LogP contribution in [0.2, 0.25) is 0 Å². The molecule has 0 atom stereocenters. The average Bonchev–Trinajstić information content (AvgIpc) is 2.96. The predicted octanol–water partition coefficient (Wildman–Crippen LogP) is 1.62. The quantitative estimate of drug-likeness (QED) is 0.450. The van der Waals surface area contributed by atoms with E-state index >= 15 is 0 Å². The zero-order valence-electron chi connectivity index (χ0n) is 21.5. The number of hydrogen-bond acceptors (Lipinski definition) is 11. The van der Waals surface area contributed by atoms with E-state index in [1.807, 2.05) is 25.2 Å². The molecular formula is C26H34N8O3. The Balaban J connectivity index is 1.44. The molecule has 0 spiro atoms. The van der Waals surface area contributed by atoms with E-state index in [0.717, 1.165) is 61.7 Å². The van der Waals surface area contributed by atoms with Crippen molar-refractivity contribution in [3.8, 4) is 0 Å². The van der Waals surface area contributed by atoms with Gasteiger partial charge in [-0.05, 0) is 18.4 Å². The molecule has 2 aliphatic rings. The summed E-state index contributed by atoms with van der Waals surface area (Å²) in [5, 5.41) is 3.29. The van der Waals surface area contributed by atoms with Gasteiger partial charge in [0.1, 0.15) is 17.4 Å². The molecule has 196 valence electrons. The van der Waals surface area contributed by atoms with Crippen molar-refractivity contribution in [1.82, 2.24) is 25.3 Å². The minimum absolute atomic E-state index is 0.225. The summed E-state index contributed by atoms with van der Waals surface area (Å²) < 4.78 is 10.3. The van der Waals surface area contributed by atoms with Crippen LogP contribution in [0.5, 0.6) is 0 Å². The van der Waals surface area contributed by atoms with Gasteiger partial charge in [0.25, 0.3) is 0 Å². The number of rotatable bonds is 8. The van der Waals surface area contributed by atoms with Crippen molar-refractivity contribution in [2.45, 2.75) is 25.4 Å². The highest BCUT2D eigenvalue weighted by Gasteiger charge is 2.26. The summed E-state index contributed by atoms with van der Waals surface area (Å²) in [7, 11) is 3.44. The highest BCUT2D eigenvalue weighted by atomic mass is 16.5. The van der Waals surface area contributed by atoms with Crippen LogP contribution in [0.15, 0.2) is 36.7 Å². The molecule has 4 heterocycles. The average molecular weight is 507 g/mol. The van der Waals surface area contributed by atoms with E-state index in [1.165, 1.54) is 12.7 Å². The van der Waals surface area contributed by atoms with Gasteiger partial charge in [-0.1, -0.05) is 30.3 Å². The molecule has 0 saturated carbocycles. The fraction of sp³-hybridized carbons (Fsp3) is 0.500. The van der Waals surface area contributed by atoms with Gasteiger partial charge in [0.15, 0.2) is 11.6 Å². The summed E-state index contributed by atoms with van der Waals surface area (Å²) in [5.41, 5.74) is 2.70. The first-order valence-electron chi connectivity index (χ1n) is 12.8. The summed E-state index contributed by atoms with van der Waals surface area (Å²) in [6.45, 7) is 5.33. The number of aromatic nitrogens is 4. The molecule has 2 saturated heterocycles. The lowest BCUT2D eigenvalue weighted by atomic mass is 10.1. The molecule has 5 rings (SSSR count). The van der Waals surface area contributed by atoms with Crippen molar-refractivity contribution in [1.29, 1.82) is 0 Å². The first kappa shape index (κ1) is 25.1. The second-order valence-electron chi connectivity index (χ2n) is 9.40. The lowest BCUT2D eigenvalue weighted by Crippen LogP contribution is -2.45. The summed E-state index contributed by atoms with van der Waals surface area (Å²) in [5.74, 6) is 2.04. The third-order valence-corrected chi connectivity index (χ3v) is 6.91. The van der Waals surface area contributed by atoms with E-state index in [2.05, 4.69) is 42.1 Å². The van der Waals surface area contributed by atoms with E-state index < -0.39 is 0 Å². The summed E-state index contributed by atoms with van der Waals surface area (Å²) in [6, 6.07) is 10.6. The molecule has 0 amide bonds. The zero-order valence-corrected chi connectivity index (χ0v) is 21.5. The Hall–Kier alpha value is -3.57. The van der Waals surface area contributed by atoms with Crippen LogP contribution in [-0.2, 0) is 20.8 Å². The molecule has 2 fully saturated rings. The number of ether oxygens (including phenoxy) is 2. The van der Waals surface area contributed by atoms with Crippen LogP contribution in [0.4, 0.5) is 17.6 Å². The van der Waals surface area contributed by atoms with Crippen molar-refractivity contribution in [3.63, 3.8) is 0 Å². The van der Waals surface area contributed by atoms with Crippen LogP contribution in [0.25, 0.3) is 11.0 Å². The number of benzene rings is 1. The number of esters is 1. The number of nitrogens with zero attached hydrogens (tertiary/aromatic N) is 7. The molecule has 11 nitrogen and oxygen atoms in total. The van der Waals surface area contributed by atoms with Crippen molar-refractivity contribution in [2.75, 3.05) is 74.8 Å². The topological polar surface area (TPSA) is 109 Å². The molecule has 1 N–H and O–H groups in total. The Morgan fingerprint density at radius 3 is 2.54 bits per heavy atom. The maximum Gasteiger partial charge on any atom is 0.319 e. The van der Waals surface area contributed by atoms with Gasteiger partial charge >= 0.3 is 5.97 Å². The summed E-state index contributed by atoms with van der Waals surface area (Å²) in [6.07, 6.45) is 3.37. The second kappa shape index (κ2) is 11.7. The van der Waals surface area contributed by atoms with E-state index in [0.29, 0.717) is 25.7 Å². The number of carbonyl (C=O) groups is 1. The Kier molecular flexibility index (Phi) is 7.90. The Morgan fingerprint density at radius 1 is 1.05 bits per heavy atom. The molecule has 2 aliphatic heterocycles. The number of methoxy groups -OCH3 is 1. The number of fused-ring (bicyclic) bond motifs is 1. The first-order chi connectivity index (χ1) is 18.1. The first-order valence-corrected chi connectivity index (χ1v) is 12.8. The molecule has 0 unspecified atom stereocenters. The molecule has 11 heteroatoms. The largest absolute Gasteiger partial charge is 0.468 e. The van der Waals surface area contributed by atoms with Crippen molar-refractivity contribution < 1.29 is 14.3 Å². The molecule has 3 aromatic rings. The van der Waals surface area contributed by atoms with E-state index in [1.54, 1.807) is 6.33 Å². The number of morpholine rings is 1. The highest BCUT2D eigenvalue weighted by molar-refractivity contribution is 5.94. The molecule has 0 bridgehead atoms. The Labute approximate surface area is 216 Å². The normalized spacial score (nSPS) is 16.7. The van der Waals surface area contributed by atoms with Crippen LogP contribution < -0.4 is 20.0 Å². The monoisotopic (exact) mass is 506 g/mol. The van der Waals surface area contributed by atoms with Gasteiger partial charge in [-0.2, -0.15) is 4.98 Å². The van der Waals surface area contributed by atoms with Gasteiger partial charge in [-0.3, -0.25) is 4.79 Å². The third kappa shape index (κ3) is 5.89. The van der Waals surface area contributed by atoms with Crippen LogP contribution in [-0.4, -0.2) is 92.0 Å². The molecule has 2 aromatic heterocycles. The third-order valence-electron chi connectivity index (χ3n) is 6.91. The lowest BCUT2D eigenvalue weighted by molar-refractivity contribution is -0.139. The van der Waals surface area contributed by atoms with Crippen molar-refractivity contribution in [3.05, 3.63) is 42.2 Å². The molecule has 0 radical (unpaired) electrons. The maximum atomic E-state index is 11.5.